The molecule has 1 aromatic carbocycles. The number of nitrogens with two attached hydrogens (primary N) is 1. The molecule has 100 valence electrons. The van der Waals surface area contributed by atoms with E-state index in [1.54, 1.807) is 18.9 Å². The largest absolute Gasteiger partial charge is 0.492 e. The minimum Gasteiger partial charge on any atom is -0.492 e. The number of hydrogen-bond acceptors (Lipinski definition) is 3. The van der Waals surface area contributed by atoms with Gasteiger partial charge >= 0.3 is 0 Å². The van der Waals surface area contributed by atoms with Crippen LogP contribution in [0.5, 0.6) is 5.75 Å². The molecule has 0 bridgehead atoms. The lowest BCUT2D eigenvalue weighted by molar-refractivity contribution is -0.131. The fraction of sp³-hybridized carbons (Fsp3) is 0.500. The summed E-state index contributed by atoms with van der Waals surface area (Å²) in [5.74, 6) is 0.771. The smallest absolute Gasteiger partial charge is 0.239 e. The molecule has 4 heteroatoms. The Hall–Kier alpha value is -1.55. The Morgan fingerprint density at radius 1 is 1.33 bits per heavy atom. The van der Waals surface area contributed by atoms with Crippen LogP contribution < -0.4 is 10.5 Å². The molecule has 0 unspecified atom stereocenters. The highest BCUT2D eigenvalue weighted by atomic mass is 16.5. The quantitative estimate of drug-likeness (QED) is 0.861. The zero-order valence-corrected chi connectivity index (χ0v) is 11.6. The summed E-state index contributed by atoms with van der Waals surface area (Å²) in [4.78, 5) is 13.1. The number of carbonyl (C=O) groups is 1. The molecule has 1 aromatic rings. The van der Waals surface area contributed by atoms with E-state index >= 15 is 0 Å². The van der Waals surface area contributed by atoms with Crippen LogP contribution in [0, 0.1) is 13.8 Å². The van der Waals surface area contributed by atoms with E-state index in [4.69, 9.17) is 10.5 Å². The van der Waals surface area contributed by atoms with Gasteiger partial charge in [0, 0.05) is 7.05 Å². The van der Waals surface area contributed by atoms with Gasteiger partial charge in [0.15, 0.2) is 0 Å². The number of nitrogens with zero attached hydrogens (tertiary/aromatic N) is 1. The number of aryl methyl sites for hydroxylation is 2. The van der Waals surface area contributed by atoms with E-state index in [1.165, 1.54) is 11.1 Å². The number of benzene rings is 1. The molecule has 0 aliphatic rings. The Balaban J connectivity index is 2.44. The normalized spacial score (nSPS) is 12.1. The van der Waals surface area contributed by atoms with Crippen molar-refractivity contribution in [2.45, 2.75) is 26.8 Å². The number of ether oxygens (including phenoxy) is 1. The molecular formula is C14H22N2O2. The maximum atomic E-state index is 11.5. The Labute approximate surface area is 109 Å². The van der Waals surface area contributed by atoms with E-state index in [-0.39, 0.29) is 5.91 Å². The highest BCUT2D eigenvalue weighted by Crippen LogP contribution is 2.15. The van der Waals surface area contributed by atoms with Crippen molar-refractivity contribution in [3.8, 4) is 5.75 Å². The molecule has 0 fully saturated rings. The second-order valence-corrected chi connectivity index (χ2v) is 4.72. The van der Waals surface area contributed by atoms with Crippen LogP contribution >= 0.6 is 0 Å². The van der Waals surface area contributed by atoms with Crippen LogP contribution in [0.3, 0.4) is 0 Å². The van der Waals surface area contributed by atoms with Crippen molar-refractivity contribution in [3.63, 3.8) is 0 Å². The lowest BCUT2D eigenvalue weighted by Crippen LogP contribution is -2.41. The molecule has 1 atom stereocenters. The monoisotopic (exact) mass is 250 g/mol. The van der Waals surface area contributed by atoms with E-state index in [0.29, 0.717) is 13.2 Å². The molecular weight excluding hydrogens is 228 g/mol. The molecule has 0 saturated heterocycles. The Morgan fingerprint density at radius 2 is 1.89 bits per heavy atom. The van der Waals surface area contributed by atoms with Gasteiger partial charge in [-0.2, -0.15) is 0 Å². The van der Waals surface area contributed by atoms with Gasteiger partial charge in [0.05, 0.1) is 12.6 Å². The molecule has 0 heterocycles. The van der Waals surface area contributed by atoms with Crippen molar-refractivity contribution in [1.82, 2.24) is 4.90 Å². The van der Waals surface area contributed by atoms with E-state index in [0.717, 1.165) is 5.75 Å². The summed E-state index contributed by atoms with van der Waals surface area (Å²) in [6, 6.07) is 5.61. The van der Waals surface area contributed by atoms with Gasteiger partial charge in [-0.15, -0.1) is 0 Å². The van der Waals surface area contributed by atoms with Crippen LogP contribution in [-0.4, -0.2) is 37.0 Å². The summed E-state index contributed by atoms with van der Waals surface area (Å²) < 4.78 is 5.63. The first-order chi connectivity index (χ1) is 8.40. The fourth-order valence-electron chi connectivity index (χ4n) is 1.77. The first-order valence-electron chi connectivity index (χ1n) is 6.12. The van der Waals surface area contributed by atoms with Gasteiger partial charge in [-0.05, 0) is 44.0 Å². The Morgan fingerprint density at radius 3 is 2.39 bits per heavy atom. The van der Waals surface area contributed by atoms with Crippen molar-refractivity contribution in [2.24, 2.45) is 5.73 Å². The molecule has 4 nitrogen and oxygen atoms in total. The van der Waals surface area contributed by atoms with Crippen LogP contribution in [0.25, 0.3) is 0 Å². The molecule has 0 radical (unpaired) electrons. The summed E-state index contributed by atoms with van der Waals surface area (Å²) >= 11 is 0. The third-order valence-corrected chi connectivity index (χ3v) is 2.66. The second kappa shape index (κ2) is 6.40. The van der Waals surface area contributed by atoms with Crippen LogP contribution in [0.4, 0.5) is 0 Å². The van der Waals surface area contributed by atoms with Gasteiger partial charge in [-0.3, -0.25) is 4.79 Å². The summed E-state index contributed by atoms with van der Waals surface area (Å²) in [6.45, 7) is 6.76. The fourth-order valence-corrected chi connectivity index (χ4v) is 1.77. The molecule has 0 aliphatic carbocycles. The molecule has 2 N–H and O–H groups in total. The van der Waals surface area contributed by atoms with E-state index in [1.807, 2.05) is 26.0 Å². The van der Waals surface area contributed by atoms with Crippen molar-refractivity contribution < 1.29 is 9.53 Å². The van der Waals surface area contributed by atoms with E-state index in [9.17, 15) is 4.79 Å². The standard InChI is InChI=1S/C14H22N2O2/c1-10-7-11(2)9-13(8-10)18-6-5-16(4)14(17)12(3)15/h7-9,12H,5-6,15H2,1-4H3/t12-/m0/s1. The molecule has 18 heavy (non-hydrogen) atoms. The summed E-state index contributed by atoms with van der Waals surface area (Å²) in [5, 5.41) is 0. The highest BCUT2D eigenvalue weighted by Gasteiger charge is 2.12. The van der Waals surface area contributed by atoms with Crippen LogP contribution in [0.15, 0.2) is 18.2 Å². The Kier molecular flexibility index (Phi) is 5.16. The molecule has 0 aliphatic heterocycles. The minimum absolute atomic E-state index is 0.0703. The number of likely N-dealkylation sites (N-methyl/N-ethyl adjacent to an activating group) is 1. The Bertz CT molecular complexity index is 396. The third kappa shape index (κ3) is 4.37. The number of rotatable bonds is 5. The average Bonchev–Trinajstić information content (AvgIpc) is 2.26. The van der Waals surface area contributed by atoms with E-state index in [2.05, 4.69) is 6.07 Å². The topological polar surface area (TPSA) is 55.6 Å². The lowest BCUT2D eigenvalue weighted by atomic mass is 10.1. The minimum atomic E-state index is -0.462. The van der Waals surface area contributed by atoms with Crippen LogP contribution in [0.2, 0.25) is 0 Å². The van der Waals surface area contributed by atoms with Crippen molar-refractivity contribution in [2.75, 3.05) is 20.2 Å². The molecule has 1 amide bonds. The zero-order chi connectivity index (χ0) is 13.7. The number of amides is 1. The predicted molar refractivity (Wildman–Crippen MR) is 72.7 cm³/mol. The first kappa shape index (κ1) is 14.5. The molecule has 1 rings (SSSR count). The van der Waals surface area contributed by atoms with Crippen molar-refractivity contribution in [1.29, 1.82) is 0 Å². The molecule has 0 spiro atoms. The summed E-state index contributed by atoms with van der Waals surface area (Å²) in [6.07, 6.45) is 0. The van der Waals surface area contributed by atoms with Gasteiger partial charge in [0.25, 0.3) is 0 Å². The summed E-state index contributed by atoms with van der Waals surface area (Å²) in [5.41, 5.74) is 7.87. The SMILES string of the molecule is Cc1cc(C)cc(OCCN(C)C(=O)[C@H](C)N)c1. The van der Waals surface area contributed by atoms with Gasteiger partial charge in [-0.25, -0.2) is 0 Å². The number of hydrogen-bond donors (Lipinski definition) is 1. The van der Waals surface area contributed by atoms with Gasteiger partial charge in [0.2, 0.25) is 5.91 Å². The average molecular weight is 250 g/mol. The second-order valence-electron chi connectivity index (χ2n) is 4.72. The van der Waals surface area contributed by atoms with Crippen LogP contribution in [-0.2, 0) is 4.79 Å². The van der Waals surface area contributed by atoms with Crippen LogP contribution in [0.1, 0.15) is 18.1 Å². The number of carbonyl (C=O) groups excluding carboxylic acids is 1. The van der Waals surface area contributed by atoms with Gasteiger partial charge < -0.3 is 15.4 Å². The maximum absolute atomic E-state index is 11.5. The van der Waals surface area contributed by atoms with Gasteiger partial charge in [-0.1, -0.05) is 6.07 Å². The lowest BCUT2D eigenvalue weighted by Gasteiger charge is -2.19. The van der Waals surface area contributed by atoms with Crippen molar-refractivity contribution >= 4 is 5.91 Å². The van der Waals surface area contributed by atoms with Crippen molar-refractivity contribution in [3.05, 3.63) is 29.3 Å². The predicted octanol–water partition coefficient (Wildman–Crippen LogP) is 1.49. The highest BCUT2D eigenvalue weighted by molar-refractivity contribution is 5.80. The zero-order valence-electron chi connectivity index (χ0n) is 11.6. The molecule has 0 aromatic heterocycles. The third-order valence-electron chi connectivity index (χ3n) is 2.66. The summed E-state index contributed by atoms with van der Waals surface area (Å²) in [7, 11) is 1.73. The molecule has 0 saturated carbocycles. The van der Waals surface area contributed by atoms with Gasteiger partial charge in [0.1, 0.15) is 12.4 Å². The van der Waals surface area contributed by atoms with E-state index < -0.39 is 6.04 Å². The first-order valence-corrected chi connectivity index (χ1v) is 6.12. The maximum Gasteiger partial charge on any atom is 0.239 e.